The first-order valence-electron chi connectivity index (χ1n) is 4.43. The van der Waals surface area contributed by atoms with Gasteiger partial charge in [0.1, 0.15) is 5.56 Å². The van der Waals surface area contributed by atoms with Crippen LogP contribution in [0.25, 0.3) is 0 Å². The zero-order valence-electron chi connectivity index (χ0n) is 8.82. The highest BCUT2D eigenvalue weighted by Crippen LogP contribution is 2.26. The lowest BCUT2D eigenvalue weighted by atomic mass is 10.0. The average Bonchev–Trinajstić information content (AvgIpc) is 2.26. The van der Waals surface area contributed by atoms with Gasteiger partial charge in [0.25, 0.3) is 5.69 Å². The molecule has 0 radical (unpaired) electrons. The van der Waals surface area contributed by atoms with Crippen molar-refractivity contribution in [2.24, 2.45) is 0 Å². The van der Waals surface area contributed by atoms with Crippen LogP contribution < -0.4 is 0 Å². The molecule has 0 bridgehead atoms. The lowest BCUT2D eigenvalue weighted by molar-refractivity contribution is -0.385. The Kier molecular flexibility index (Phi) is 3.84. The second kappa shape index (κ2) is 4.94. The van der Waals surface area contributed by atoms with Crippen LogP contribution in [0.2, 0.25) is 0 Å². The summed E-state index contributed by atoms with van der Waals surface area (Å²) in [6, 6.07) is 2.96. The van der Waals surface area contributed by atoms with Crippen LogP contribution in [0, 0.1) is 17.0 Å². The molecule has 1 aromatic rings. The van der Waals surface area contributed by atoms with Crippen molar-refractivity contribution < 1.29 is 14.5 Å². The van der Waals surface area contributed by atoms with Gasteiger partial charge in [-0.3, -0.25) is 10.1 Å². The first-order valence-corrected chi connectivity index (χ1v) is 4.97. The predicted molar refractivity (Wildman–Crippen MR) is 58.7 cm³/mol. The molecule has 0 aliphatic heterocycles. The topological polar surface area (TPSA) is 69.4 Å². The van der Waals surface area contributed by atoms with Crippen molar-refractivity contribution in [3.8, 4) is 0 Å². The summed E-state index contributed by atoms with van der Waals surface area (Å²) in [6.07, 6.45) is 0. The highest BCUT2D eigenvalue weighted by atomic mass is 35.5. The Morgan fingerprint density at radius 1 is 1.56 bits per heavy atom. The Morgan fingerprint density at radius 2 is 2.19 bits per heavy atom. The number of benzene rings is 1. The summed E-state index contributed by atoms with van der Waals surface area (Å²) in [6.45, 7) is 1.56. The summed E-state index contributed by atoms with van der Waals surface area (Å²) in [5, 5.41) is 10.8. The predicted octanol–water partition coefficient (Wildman–Crippen LogP) is 2.43. The van der Waals surface area contributed by atoms with Gasteiger partial charge in [-0.15, -0.1) is 11.6 Å². The van der Waals surface area contributed by atoms with Gasteiger partial charge >= 0.3 is 5.97 Å². The molecule has 1 aromatic carbocycles. The molecule has 0 aliphatic rings. The minimum Gasteiger partial charge on any atom is -0.465 e. The molecule has 0 saturated carbocycles. The molecule has 0 heterocycles. The number of esters is 1. The van der Waals surface area contributed by atoms with Crippen LogP contribution in [0.3, 0.4) is 0 Å². The van der Waals surface area contributed by atoms with Crippen LogP contribution in [-0.4, -0.2) is 18.0 Å². The quantitative estimate of drug-likeness (QED) is 0.354. The molecule has 0 spiro atoms. The van der Waals surface area contributed by atoms with Crippen molar-refractivity contribution >= 4 is 23.3 Å². The number of methoxy groups -OCH3 is 1. The number of nitrogens with zero attached hydrogens (tertiary/aromatic N) is 1. The molecule has 0 saturated heterocycles. The van der Waals surface area contributed by atoms with Crippen molar-refractivity contribution in [1.29, 1.82) is 0 Å². The molecule has 0 aromatic heterocycles. The zero-order valence-corrected chi connectivity index (χ0v) is 9.58. The maximum Gasteiger partial charge on any atom is 0.344 e. The van der Waals surface area contributed by atoms with Crippen LogP contribution in [0.4, 0.5) is 5.69 Å². The summed E-state index contributed by atoms with van der Waals surface area (Å²) < 4.78 is 4.50. The molecule has 86 valence electrons. The number of carbonyl (C=O) groups excluding carboxylic acids is 1. The van der Waals surface area contributed by atoms with Gasteiger partial charge in [0, 0.05) is 11.4 Å². The molecule has 0 aliphatic carbocycles. The fraction of sp³-hybridized carbons (Fsp3) is 0.300. The second-order valence-electron chi connectivity index (χ2n) is 3.19. The number of aryl methyl sites for hydroxylation is 1. The first-order chi connectivity index (χ1) is 7.51. The number of hydrogen-bond donors (Lipinski definition) is 0. The Bertz CT molecular complexity index is 445. The van der Waals surface area contributed by atoms with Gasteiger partial charge in [0.15, 0.2) is 0 Å². The van der Waals surface area contributed by atoms with E-state index in [0.717, 1.165) is 0 Å². The second-order valence-corrected chi connectivity index (χ2v) is 3.46. The van der Waals surface area contributed by atoms with Crippen LogP contribution >= 0.6 is 11.6 Å². The fourth-order valence-electron chi connectivity index (χ4n) is 1.44. The van der Waals surface area contributed by atoms with Gasteiger partial charge < -0.3 is 4.74 Å². The highest BCUT2D eigenvalue weighted by Gasteiger charge is 2.24. The Morgan fingerprint density at radius 3 is 2.62 bits per heavy atom. The summed E-state index contributed by atoms with van der Waals surface area (Å²) in [5.74, 6) is -0.551. The van der Waals surface area contributed by atoms with Gasteiger partial charge in [-0.05, 0) is 24.6 Å². The van der Waals surface area contributed by atoms with E-state index in [0.29, 0.717) is 11.1 Å². The zero-order chi connectivity index (χ0) is 12.3. The number of rotatable bonds is 3. The summed E-state index contributed by atoms with van der Waals surface area (Å²) >= 11 is 5.63. The van der Waals surface area contributed by atoms with E-state index < -0.39 is 10.9 Å². The minimum atomic E-state index is -0.734. The summed E-state index contributed by atoms with van der Waals surface area (Å²) in [7, 11) is 1.18. The Balaban J connectivity index is 3.46. The van der Waals surface area contributed by atoms with Gasteiger partial charge in [-0.1, -0.05) is 0 Å². The van der Waals surface area contributed by atoms with E-state index in [4.69, 9.17) is 11.6 Å². The number of halogens is 1. The van der Waals surface area contributed by atoms with E-state index in [9.17, 15) is 14.9 Å². The van der Waals surface area contributed by atoms with Gasteiger partial charge in [0.2, 0.25) is 0 Å². The Labute approximate surface area is 97.1 Å². The van der Waals surface area contributed by atoms with Crippen molar-refractivity contribution in [2.75, 3.05) is 7.11 Å². The summed E-state index contributed by atoms with van der Waals surface area (Å²) in [5.41, 5.74) is 0.734. The van der Waals surface area contributed by atoms with Crippen LogP contribution in [0.15, 0.2) is 12.1 Å². The molecule has 0 N–H and O–H groups in total. The van der Waals surface area contributed by atoms with Crippen LogP contribution in [-0.2, 0) is 10.6 Å². The SMILES string of the molecule is COC(=O)c1cc(CCl)cc(C)c1[N+](=O)[O-]. The number of nitro benzene ring substituents is 1. The molecule has 0 amide bonds. The van der Waals surface area contributed by atoms with Crippen molar-refractivity contribution in [1.82, 2.24) is 0 Å². The maximum atomic E-state index is 11.4. The largest absolute Gasteiger partial charge is 0.465 e. The number of hydrogen-bond acceptors (Lipinski definition) is 4. The lowest BCUT2D eigenvalue weighted by Crippen LogP contribution is -2.08. The summed E-state index contributed by atoms with van der Waals surface area (Å²) in [4.78, 5) is 21.6. The molecule has 16 heavy (non-hydrogen) atoms. The molecular weight excluding hydrogens is 234 g/mol. The molecular formula is C10H10ClNO4. The van der Waals surface area contributed by atoms with Gasteiger partial charge in [0.05, 0.1) is 12.0 Å². The molecule has 0 fully saturated rings. The van der Waals surface area contributed by atoms with E-state index >= 15 is 0 Å². The monoisotopic (exact) mass is 243 g/mol. The lowest BCUT2D eigenvalue weighted by Gasteiger charge is -2.06. The van der Waals surface area contributed by atoms with Crippen molar-refractivity contribution in [2.45, 2.75) is 12.8 Å². The van der Waals surface area contributed by atoms with E-state index in [-0.39, 0.29) is 17.1 Å². The Hall–Kier alpha value is -1.62. The number of ether oxygens (including phenoxy) is 1. The molecule has 6 heteroatoms. The van der Waals surface area contributed by atoms with Gasteiger partial charge in [-0.2, -0.15) is 0 Å². The van der Waals surface area contributed by atoms with Crippen molar-refractivity contribution in [3.05, 3.63) is 38.9 Å². The first kappa shape index (κ1) is 12.4. The molecule has 5 nitrogen and oxygen atoms in total. The normalized spacial score (nSPS) is 9.94. The number of nitro groups is 1. The molecule has 0 atom stereocenters. The fourth-order valence-corrected chi connectivity index (χ4v) is 1.59. The minimum absolute atomic E-state index is 0.0665. The maximum absolute atomic E-state index is 11.4. The smallest absolute Gasteiger partial charge is 0.344 e. The van der Waals surface area contributed by atoms with E-state index in [1.54, 1.807) is 13.0 Å². The standard InChI is InChI=1S/C10H10ClNO4/c1-6-3-7(5-11)4-8(10(13)16-2)9(6)12(14)15/h3-4H,5H2,1-2H3. The molecule has 1 rings (SSSR count). The van der Waals surface area contributed by atoms with E-state index in [1.165, 1.54) is 13.2 Å². The van der Waals surface area contributed by atoms with E-state index in [1.807, 2.05) is 0 Å². The third-order valence-electron chi connectivity index (χ3n) is 2.10. The van der Waals surface area contributed by atoms with Crippen molar-refractivity contribution in [3.63, 3.8) is 0 Å². The highest BCUT2D eigenvalue weighted by molar-refractivity contribution is 6.17. The number of alkyl halides is 1. The van der Waals surface area contributed by atoms with Crippen LogP contribution in [0.1, 0.15) is 21.5 Å². The molecule has 0 unspecified atom stereocenters. The average molecular weight is 244 g/mol. The van der Waals surface area contributed by atoms with E-state index in [2.05, 4.69) is 4.74 Å². The third kappa shape index (κ3) is 2.30. The number of carbonyl (C=O) groups is 1. The van der Waals surface area contributed by atoms with Crippen LogP contribution in [0.5, 0.6) is 0 Å². The third-order valence-corrected chi connectivity index (χ3v) is 2.41. The van der Waals surface area contributed by atoms with Gasteiger partial charge in [-0.25, -0.2) is 4.79 Å².